The van der Waals surface area contributed by atoms with Crippen molar-refractivity contribution in [2.75, 3.05) is 13.2 Å². The monoisotopic (exact) mass is 307 g/mol. The van der Waals surface area contributed by atoms with Gasteiger partial charge in [0.15, 0.2) is 0 Å². The second kappa shape index (κ2) is 5.57. The molecule has 2 fully saturated rings. The molecule has 0 aromatic heterocycles. The third kappa shape index (κ3) is 3.28. The van der Waals surface area contributed by atoms with Crippen molar-refractivity contribution in [3.8, 4) is 0 Å². The molecule has 2 aliphatic rings. The predicted octanol–water partition coefficient (Wildman–Crippen LogP) is 4.30. The summed E-state index contributed by atoms with van der Waals surface area (Å²) in [6.07, 6.45) is 4.55. The van der Waals surface area contributed by atoms with E-state index in [1.165, 1.54) is 24.0 Å². The number of morpholine rings is 1. The molecule has 3 heteroatoms. The fraction of sp³-hybridized carbons (Fsp3) is 0.667. The van der Waals surface area contributed by atoms with E-state index >= 15 is 0 Å². The van der Waals surface area contributed by atoms with Gasteiger partial charge >= 0.3 is 0 Å². The molecule has 2 saturated heterocycles. The number of ether oxygens (including phenoxy) is 1. The molecule has 0 radical (unpaired) electrons. The standard InChI is InChI=1S/C18H26ClNO/c1-17(2,3)8-4-5-13-9-14(6-7-16(13)19)18-10-15(11-21-18)20-12-18/h6-7,9,15,20H,4-5,8,10-12H2,1-3H3. The molecule has 2 nitrogen and oxygen atoms in total. The lowest BCUT2D eigenvalue weighted by atomic mass is 9.87. The Balaban J connectivity index is 1.74. The Morgan fingerprint density at radius 3 is 2.76 bits per heavy atom. The van der Waals surface area contributed by atoms with Gasteiger partial charge in [0.25, 0.3) is 0 Å². The van der Waals surface area contributed by atoms with Gasteiger partial charge in [-0.25, -0.2) is 0 Å². The molecule has 1 N–H and O–H groups in total. The van der Waals surface area contributed by atoms with Crippen LogP contribution in [-0.2, 0) is 16.8 Å². The average molecular weight is 308 g/mol. The summed E-state index contributed by atoms with van der Waals surface area (Å²) in [7, 11) is 0. The van der Waals surface area contributed by atoms with Crippen molar-refractivity contribution in [1.82, 2.24) is 5.32 Å². The molecule has 0 spiro atoms. The molecule has 2 atom stereocenters. The summed E-state index contributed by atoms with van der Waals surface area (Å²) in [5.74, 6) is 0. The highest BCUT2D eigenvalue weighted by Crippen LogP contribution is 2.41. The van der Waals surface area contributed by atoms with Crippen molar-refractivity contribution >= 4 is 11.6 Å². The summed E-state index contributed by atoms with van der Waals surface area (Å²) in [6, 6.07) is 7.00. The van der Waals surface area contributed by atoms with Gasteiger partial charge in [-0.2, -0.15) is 0 Å². The first-order valence-electron chi connectivity index (χ1n) is 8.04. The van der Waals surface area contributed by atoms with Crippen LogP contribution in [-0.4, -0.2) is 19.2 Å². The molecule has 1 aromatic carbocycles. The predicted molar refractivity (Wildman–Crippen MR) is 87.9 cm³/mol. The molecule has 0 saturated carbocycles. The lowest BCUT2D eigenvalue weighted by molar-refractivity contribution is -0.00963. The number of rotatable bonds is 4. The zero-order valence-corrected chi connectivity index (χ0v) is 14.1. The second-order valence-electron chi connectivity index (χ2n) is 7.81. The molecule has 0 aliphatic carbocycles. The topological polar surface area (TPSA) is 21.3 Å². The van der Waals surface area contributed by atoms with E-state index in [2.05, 4.69) is 38.2 Å². The number of fused-ring (bicyclic) bond motifs is 2. The van der Waals surface area contributed by atoms with E-state index in [4.69, 9.17) is 16.3 Å². The van der Waals surface area contributed by atoms with E-state index in [1.54, 1.807) is 0 Å². The largest absolute Gasteiger partial charge is 0.367 e. The fourth-order valence-electron chi connectivity index (χ4n) is 3.50. The minimum absolute atomic E-state index is 0.103. The van der Waals surface area contributed by atoms with Gasteiger partial charge in [-0.05, 0) is 48.3 Å². The van der Waals surface area contributed by atoms with Crippen LogP contribution in [0.4, 0.5) is 0 Å². The van der Waals surface area contributed by atoms with E-state index in [1.807, 2.05) is 6.07 Å². The van der Waals surface area contributed by atoms with Crippen LogP contribution >= 0.6 is 11.6 Å². The molecule has 2 heterocycles. The van der Waals surface area contributed by atoms with Crippen LogP contribution in [0.5, 0.6) is 0 Å². The normalized spacial score (nSPS) is 28.3. The van der Waals surface area contributed by atoms with E-state index in [9.17, 15) is 0 Å². The minimum atomic E-state index is -0.103. The summed E-state index contributed by atoms with van der Waals surface area (Å²) < 4.78 is 6.07. The summed E-state index contributed by atoms with van der Waals surface area (Å²) >= 11 is 6.40. The SMILES string of the molecule is CC(C)(C)CCCc1cc(C23CNC(CO2)C3)ccc1Cl. The van der Waals surface area contributed by atoms with Crippen molar-refractivity contribution in [2.24, 2.45) is 5.41 Å². The third-order valence-electron chi connectivity index (χ3n) is 4.76. The van der Waals surface area contributed by atoms with Crippen molar-refractivity contribution in [3.63, 3.8) is 0 Å². The minimum Gasteiger partial charge on any atom is -0.367 e. The van der Waals surface area contributed by atoms with Crippen LogP contribution in [0.3, 0.4) is 0 Å². The number of aryl methyl sites for hydroxylation is 1. The van der Waals surface area contributed by atoms with Crippen LogP contribution in [0, 0.1) is 5.41 Å². The van der Waals surface area contributed by atoms with Crippen LogP contribution in [0.1, 0.15) is 51.2 Å². The number of benzene rings is 1. The molecule has 2 aliphatic heterocycles. The second-order valence-corrected chi connectivity index (χ2v) is 8.21. The smallest absolute Gasteiger partial charge is 0.107 e. The summed E-state index contributed by atoms with van der Waals surface area (Å²) in [4.78, 5) is 0. The Morgan fingerprint density at radius 2 is 2.19 bits per heavy atom. The Hall–Kier alpha value is -0.570. The van der Waals surface area contributed by atoms with E-state index in [0.717, 1.165) is 31.0 Å². The summed E-state index contributed by atoms with van der Waals surface area (Å²) in [5.41, 5.74) is 2.85. The van der Waals surface area contributed by atoms with Crippen LogP contribution in [0.2, 0.25) is 5.02 Å². The maximum absolute atomic E-state index is 6.40. The molecule has 2 bridgehead atoms. The highest BCUT2D eigenvalue weighted by molar-refractivity contribution is 6.31. The Labute approximate surface area is 133 Å². The lowest BCUT2D eigenvalue weighted by Gasteiger charge is -2.28. The Kier molecular flexibility index (Phi) is 4.06. The molecule has 1 aromatic rings. The zero-order valence-electron chi connectivity index (χ0n) is 13.3. The molecular weight excluding hydrogens is 282 g/mol. The lowest BCUT2D eigenvalue weighted by Crippen LogP contribution is -2.37. The first-order valence-corrected chi connectivity index (χ1v) is 8.42. The highest BCUT2D eigenvalue weighted by atomic mass is 35.5. The molecule has 116 valence electrons. The van der Waals surface area contributed by atoms with Gasteiger partial charge in [0.2, 0.25) is 0 Å². The van der Waals surface area contributed by atoms with E-state index < -0.39 is 0 Å². The van der Waals surface area contributed by atoms with Gasteiger partial charge in [0.05, 0.1) is 6.61 Å². The number of halogens is 1. The van der Waals surface area contributed by atoms with Crippen LogP contribution < -0.4 is 5.32 Å². The van der Waals surface area contributed by atoms with Crippen molar-refractivity contribution < 1.29 is 4.74 Å². The summed E-state index contributed by atoms with van der Waals surface area (Å²) in [6.45, 7) is 8.64. The number of hydrogen-bond donors (Lipinski definition) is 1. The first kappa shape index (κ1) is 15.3. The van der Waals surface area contributed by atoms with E-state index in [-0.39, 0.29) is 5.60 Å². The molecule has 2 unspecified atom stereocenters. The Bertz CT molecular complexity index is 512. The van der Waals surface area contributed by atoms with Crippen molar-refractivity contribution in [2.45, 2.75) is 58.1 Å². The molecule has 3 rings (SSSR count). The van der Waals surface area contributed by atoms with Crippen LogP contribution in [0.15, 0.2) is 18.2 Å². The quantitative estimate of drug-likeness (QED) is 0.895. The van der Waals surface area contributed by atoms with E-state index in [0.29, 0.717) is 11.5 Å². The fourth-order valence-corrected chi connectivity index (χ4v) is 3.71. The Morgan fingerprint density at radius 1 is 1.38 bits per heavy atom. The number of nitrogens with one attached hydrogen (secondary N) is 1. The third-order valence-corrected chi connectivity index (χ3v) is 5.13. The van der Waals surface area contributed by atoms with Crippen molar-refractivity contribution in [3.05, 3.63) is 34.3 Å². The van der Waals surface area contributed by atoms with Gasteiger partial charge in [-0.1, -0.05) is 44.5 Å². The zero-order chi connectivity index (χ0) is 15.1. The molecular formula is C18H26ClNO. The van der Waals surface area contributed by atoms with Crippen molar-refractivity contribution in [1.29, 1.82) is 0 Å². The number of hydrogen-bond acceptors (Lipinski definition) is 2. The average Bonchev–Trinajstić information content (AvgIpc) is 3.01. The van der Waals surface area contributed by atoms with Gasteiger partial charge in [0.1, 0.15) is 5.60 Å². The van der Waals surface area contributed by atoms with Gasteiger partial charge < -0.3 is 10.1 Å². The highest BCUT2D eigenvalue weighted by Gasteiger charge is 2.47. The maximum atomic E-state index is 6.40. The molecule has 21 heavy (non-hydrogen) atoms. The van der Waals surface area contributed by atoms with Gasteiger partial charge in [0, 0.05) is 17.6 Å². The maximum Gasteiger partial charge on any atom is 0.107 e. The first-order chi connectivity index (χ1) is 9.88. The van der Waals surface area contributed by atoms with Gasteiger partial charge in [-0.15, -0.1) is 0 Å². The molecule has 0 amide bonds. The summed E-state index contributed by atoms with van der Waals surface area (Å²) in [5, 5.41) is 4.43. The van der Waals surface area contributed by atoms with Crippen LogP contribution in [0.25, 0.3) is 0 Å². The van der Waals surface area contributed by atoms with Gasteiger partial charge in [-0.3, -0.25) is 0 Å².